The van der Waals surface area contributed by atoms with Gasteiger partial charge in [-0.3, -0.25) is 9.78 Å². The second-order valence-electron chi connectivity index (χ2n) is 5.37. The van der Waals surface area contributed by atoms with Crippen molar-refractivity contribution < 1.29 is 13.2 Å². The molecule has 1 aromatic carbocycles. The SMILES string of the molecule is O=c1[nH]c2cc(-c3ccnc(C(F)(F)F)c3)nn2c2cc(Cl)ccc12. The summed E-state index contributed by atoms with van der Waals surface area (Å²) in [7, 11) is 0. The van der Waals surface area contributed by atoms with Crippen LogP contribution in [0.5, 0.6) is 0 Å². The summed E-state index contributed by atoms with van der Waals surface area (Å²) in [4.78, 5) is 18.1. The summed E-state index contributed by atoms with van der Waals surface area (Å²) in [6.45, 7) is 0. The maximum atomic E-state index is 12.8. The van der Waals surface area contributed by atoms with Gasteiger partial charge in [0.1, 0.15) is 11.3 Å². The maximum absolute atomic E-state index is 12.8. The van der Waals surface area contributed by atoms with Gasteiger partial charge in [0.25, 0.3) is 5.56 Å². The van der Waals surface area contributed by atoms with Crippen molar-refractivity contribution in [2.75, 3.05) is 0 Å². The summed E-state index contributed by atoms with van der Waals surface area (Å²) < 4.78 is 40.0. The van der Waals surface area contributed by atoms with Crippen molar-refractivity contribution in [3.63, 3.8) is 0 Å². The molecule has 0 fully saturated rings. The van der Waals surface area contributed by atoms with E-state index in [-0.39, 0.29) is 16.8 Å². The standard InChI is InChI=1S/C16H8ClF3N4O/c17-9-1-2-10-12(6-9)24-14(22-15(10)25)7-11(23-24)8-3-4-21-13(5-8)16(18,19)20/h1-7H,(H,22,25). The molecule has 0 aliphatic carbocycles. The van der Waals surface area contributed by atoms with E-state index in [9.17, 15) is 18.0 Å². The summed E-state index contributed by atoms with van der Waals surface area (Å²) >= 11 is 5.98. The lowest BCUT2D eigenvalue weighted by Crippen LogP contribution is -2.09. The predicted molar refractivity (Wildman–Crippen MR) is 86.6 cm³/mol. The first-order valence-corrected chi connectivity index (χ1v) is 7.46. The number of hydrogen-bond donors (Lipinski definition) is 1. The zero-order valence-electron chi connectivity index (χ0n) is 12.3. The van der Waals surface area contributed by atoms with Crippen molar-refractivity contribution in [3.05, 3.63) is 63.7 Å². The van der Waals surface area contributed by atoms with Gasteiger partial charge < -0.3 is 4.98 Å². The highest BCUT2D eigenvalue weighted by Gasteiger charge is 2.32. The highest BCUT2D eigenvalue weighted by atomic mass is 35.5. The van der Waals surface area contributed by atoms with E-state index in [2.05, 4.69) is 15.1 Å². The van der Waals surface area contributed by atoms with E-state index in [1.807, 2.05) is 0 Å². The van der Waals surface area contributed by atoms with E-state index in [0.29, 0.717) is 21.6 Å². The van der Waals surface area contributed by atoms with E-state index in [0.717, 1.165) is 12.3 Å². The number of aromatic amines is 1. The van der Waals surface area contributed by atoms with Crippen molar-refractivity contribution in [1.29, 1.82) is 0 Å². The number of nitrogens with one attached hydrogen (secondary N) is 1. The molecule has 0 aliphatic heterocycles. The second-order valence-corrected chi connectivity index (χ2v) is 5.81. The van der Waals surface area contributed by atoms with Crippen LogP contribution in [-0.2, 0) is 6.18 Å². The number of aromatic nitrogens is 4. The fourth-order valence-corrected chi connectivity index (χ4v) is 2.76. The fraction of sp³-hybridized carbons (Fsp3) is 0.0625. The number of H-pyrrole nitrogens is 1. The molecule has 0 saturated carbocycles. The summed E-state index contributed by atoms with van der Waals surface area (Å²) in [5, 5.41) is 5.10. The Hall–Kier alpha value is -2.87. The molecule has 4 aromatic rings. The van der Waals surface area contributed by atoms with Gasteiger partial charge in [-0.05, 0) is 30.3 Å². The minimum Gasteiger partial charge on any atom is -0.306 e. The molecule has 0 bridgehead atoms. The molecule has 0 amide bonds. The summed E-state index contributed by atoms with van der Waals surface area (Å²) in [5.74, 6) is 0. The number of nitrogens with zero attached hydrogens (tertiary/aromatic N) is 3. The van der Waals surface area contributed by atoms with Crippen molar-refractivity contribution in [1.82, 2.24) is 19.6 Å². The Morgan fingerprint density at radius 3 is 2.68 bits per heavy atom. The number of halogens is 4. The number of rotatable bonds is 1. The van der Waals surface area contributed by atoms with Crippen molar-refractivity contribution >= 4 is 28.2 Å². The van der Waals surface area contributed by atoms with E-state index in [1.54, 1.807) is 18.2 Å². The Labute approximate surface area is 142 Å². The highest BCUT2D eigenvalue weighted by molar-refractivity contribution is 6.31. The van der Waals surface area contributed by atoms with Crippen LogP contribution in [0.25, 0.3) is 27.8 Å². The minimum atomic E-state index is -4.55. The van der Waals surface area contributed by atoms with Gasteiger partial charge >= 0.3 is 6.18 Å². The molecule has 9 heteroatoms. The Bertz CT molecular complexity index is 1180. The molecular formula is C16H8ClF3N4O. The third-order valence-corrected chi connectivity index (χ3v) is 3.96. The summed E-state index contributed by atoms with van der Waals surface area (Å²) in [6, 6.07) is 8.54. The number of benzene rings is 1. The van der Waals surface area contributed by atoms with Crippen LogP contribution in [0.1, 0.15) is 5.69 Å². The van der Waals surface area contributed by atoms with Gasteiger partial charge in [-0.1, -0.05) is 11.6 Å². The zero-order valence-corrected chi connectivity index (χ0v) is 13.1. The second kappa shape index (κ2) is 5.32. The summed E-state index contributed by atoms with van der Waals surface area (Å²) in [5.41, 5.74) is -0.0272. The molecule has 1 N–H and O–H groups in total. The van der Waals surface area contributed by atoms with Crippen LogP contribution in [0.4, 0.5) is 13.2 Å². The van der Waals surface area contributed by atoms with Gasteiger partial charge in [0, 0.05) is 22.8 Å². The maximum Gasteiger partial charge on any atom is 0.433 e. The minimum absolute atomic E-state index is 0.238. The van der Waals surface area contributed by atoms with Gasteiger partial charge in [-0.25, -0.2) is 4.52 Å². The molecule has 3 heterocycles. The third-order valence-electron chi connectivity index (χ3n) is 3.73. The van der Waals surface area contributed by atoms with Crippen LogP contribution in [0.2, 0.25) is 5.02 Å². The molecule has 3 aromatic heterocycles. The topological polar surface area (TPSA) is 63.0 Å². The van der Waals surface area contributed by atoms with E-state index in [1.165, 1.54) is 16.6 Å². The first-order chi connectivity index (χ1) is 11.8. The Morgan fingerprint density at radius 1 is 1.12 bits per heavy atom. The molecule has 126 valence electrons. The average molecular weight is 365 g/mol. The molecule has 4 rings (SSSR count). The van der Waals surface area contributed by atoms with Gasteiger partial charge in [-0.15, -0.1) is 0 Å². The number of fused-ring (bicyclic) bond motifs is 3. The van der Waals surface area contributed by atoms with Gasteiger partial charge in [0.2, 0.25) is 0 Å². The Kier molecular flexibility index (Phi) is 3.33. The summed E-state index contributed by atoms with van der Waals surface area (Å²) in [6.07, 6.45) is -3.48. The Balaban J connectivity index is 1.97. The van der Waals surface area contributed by atoms with Crippen LogP contribution in [0, 0.1) is 0 Å². The zero-order chi connectivity index (χ0) is 17.8. The number of hydrogen-bond acceptors (Lipinski definition) is 3. The first-order valence-electron chi connectivity index (χ1n) is 7.08. The number of pyridine rings is 1. The number of alkyl halides is 3. The highest BCUT2D eigenvalue weighted by Crippen LogP contribution is 2.30. The predicted octanol–water partition coefficient (Wildman–Crippen LogP) is 3.91. The van der Waals surface area contributed by atoms with Crippen molar-refractivity contribution in [2.24, 2.45) is 0 Å². The molecule has 0 spiro atoms. The monoisotopic (exact) mass is 364 g/mol. The Morgan fingerprint density at radius 2 is 1.92 bits per heavy atom. The van der Waals surface area contributed by atoms with Gasteiger partial charge in [0.15, 0.2) is 0 Å². The van der Waals surface area contributed by atoms with Crippen LogP contribution < -0.4 is 5.56 Å². The van der Waals surface area contributed by atoms with Crippen LogP contribution in [-0.4, -0.2) is 19.6 Å². The van der Waals surface area contributed by atoms with Crippen LogP contribution in [0.15, 0.2) is 47.4 Å². The average Bonchev–Trinajstić information content (AvgIpc) is 2.98. The molecule has 5 nitrogen and oxygen atoms in total. The molecule has 0 aliphatic rings. The smallest absolute Gasteiger partial charge is 0.306 e. The van der Waals surface area contributed by atoms with Gasteiger partial charge in [-0.2, -0.15) is 18.3 Å². The molecule has 0 saturated heterocycles. The molecule has 0 radical (unpaired) electrons. The van der Waals surface area contributed by atoms with Crippen LogP contribution in [0.3, 0.4) is 0 Å². The quantitative estimate of drug-likeness (QED) is 0.557. The van der Waals surface area contributed by atoms with Crippen molar-refractivity contribution in [3.8, 4) is 11.3 Å². The van der Waals surface area contributed by atoms with E-state index >= 15 is 0 Å². The normalized spacial score (nSPS) is 12.2. The molecule has 25 heavy (non-hydrogen) atoms. The first kappa shape index (κ1) is 15.6. The lowest BCUT2D eigenvalue weighted by Gasteiger charge is -2.06. The largest absolute Gasteiger partial charge is 0.433 e. The van der Waals surface area contributed by atoms with Crippen LogP contribution >= 0.6 is 11.6 Å². The van der Waals surface area contributed by atoms with E-state index < -0.39 is 11.9 Å². The third kappa shape index (κ3) is 2.64. The molecule has 0 atom stereocenters. The van der Waals surface area contributed by atoms with Gasteiger partial charge in [0.05, 0.1) is 16.6 Å². The molecule has 0 unspecified atom stereocenters. The lowest BCUT2D eigenvalue weighted by molar-refractivity contribution is -0.141. The lowest BCUT2D eigenvalue weighted by atomic mass is 10.1. The molecular weight excluding hydrogens is 357 g/mol. The van der Waals surface area contributed by atoms with E-state index in [4.69, 9.17) is 11.6 Å². The van der Waals surface area contributed by atoms with Crippen molar-refractivity contribution in [2.45, 2.75) is 6.18 Å². The fourth-order valence-electron chi connectivity index (χ4n) is 2.60.